The minimum absolute atomic E-state index is 0.236. The summed E-state index contributed by atoms with van der Waals surface area (Å²) in [4.78, 5) is 0. The van der Waals surface area contributed by atoms with Gasteiger partial charge in [0.15, 0.2) is 11.6 Å². The Morgan fingerprint density at radius 1 is 1.29 bits per heavy atom. The molecule has 0 aliphatic carbocycles. The number of methoxy groups -OCH3 is 1. The molecule has 2 nitrogen and oxygen atoms in total. The van der Waals surface area contributed by atoms with Gasteiger partial charge in [0, 0.05) is 13.7 Å². The first-order valence-electron chi connectivity index (χ1n) is 5.64. The fourth-order valence-corrected chi connectivity index (χ4v) is 1.84. The van der Waals surface area contributed by atoms with Crippen LogP contribution in [0.5, 0.6) is 0 Å². The molecular formula is C13H18F2O2. The highest BCUT2D eigenvalue weighted by Gasteiger charge is 2.12. The van der Waals surface area contributed by atoms with Gasteiger partial charge in [-0.3, -0.25) is 0 Å². The summed E-state index contributed by atoms with van der Waals surface area (Å²) in [5, 5.41) is 9.79. The van der Waals surface area contributed by atoms with E-state index in [1.165, 1.54) is 6.07 Å². The number of rotatable bonds is 6. The third-order valence-corrected chi connectivity index (χ3v) is 2.58. The summed E-state index contributed by atoms with van der Waals surface area (Å²) in [6.45, 7) is 2.55. The first-order valence-corrected chi connectivity index (χ1v) is 5.64. The first-order chi connectivity index (χ1) is 8.02. The summed E-state index contributed by atoms with van der Waals surface area (Å²) in [6.07, 6.45) is 0.336. The van der Waals surface area contributed by atoms with Crippen molar-refractivity contribution < 1.29 is 18.6 Å². The largest absolute Gasteiger partial charge is 0.393 e. The molecule has 4 heteroatoms. The summed E-state index contributed by atoms with van der Waals surface area (Å²) < 4.78 is 30.6. The molecule has 2 unspecified atom stereocenters. The highest BCUT2D eigenvalue weighted by Crippen LogP contribution is 2.14. The van der Waals surface area contributed by atoms with Crippen LogP contribution in [0.4, 0.5) is 8.78 Å². The Kier molecular flexibility index (Phi) is 5.51. The maximum atomic E-state index is 12.9. The Bertz CT molecular complexity index is 355. The smallest absolute Gasteiger partial charge is 0.159 e. The van der Waals surface area contributed by atoms with Gasteiger partial charge in [0.05, 0.1) is 6.10 Å². The lowest BCUT2D eigenvalue weighted by Gasteiger charge is -2.15. The predicted molar refractivity (Wildman–Crippen MR) is 61.7 cm³/mol. The highest BCUT2D eigenvalue weighted by molar-refractivity contribution is 5.18. The van der Waals surface area contributed by atoms with E-state index in [0.717, 1.165) is 12.1 Å². The van der Waals surface area contributed by atoms with E-state index in [0.29, 0.717) is 25.0 Å². The summed E-state index contributed by atoms with van der Waals surface area (Å²) >= 11 is 0. The number of benzene rings is 1. The SMILES string of the molecule is COCC(C)CC(O)Cc1ccc(F)c(F)c1. The maximum absolute atomic E-state index is 12.9. The fourth-order valence-electron chi connectivity index (χ4n) is 1.84. The van der Waals surface area contributed by atoms with Crippen LogP contribution in [0, 0.1) is 17.6 Å². The number of aliphatic hydroxyl groups is 1. The highest BCUT2D eigenvalue weighted by atomic mass is 19.2. The zero-order valence-electron chi connectivity index (χ0n) is 10.1. The number of hydrogen-bond donors (Lipinski definition) is 1. The van der Waals surface area contributed by atoms with Gasteiger partial charge in [-0.1, -0.05) is 13.0 Å². The van der Waals surface area contributed by atoms with Crippen LogP contribution in [0.15, 0.2) is 18.2 Å². The summed E-state index contributed by atoms with van der Waals surface area (Å²) in [7, 11) is 1.61. The quantitative estimate of drug-likeness (QED) is 0.833. The van der Waals surface area contributed by atoms with Crippen LogP contribution in [0.3, 0.4) is 0 Å². The number of aliphatic hydroxyl groups excluding tert-OH is 1. The summed E-state index contributed by atoms with van der Waals surface area (Å²) in [5.41, 5.74) is 0.598. The van der Waals surface area contributed by atoms with Gasteiger partial charge in [-0.05, 0) is 36.5 Å². The minimum Gasteiger partial charge on any atom is -0.393 e. The topological polar surface area (TPSA) is 29.5 Å². The molecule has 0 amide bonds. The van der Waals surface area contributed by atoms with Gasteiger partial charge < -0.3 is 9.84 Å². The molecule has 1 aromatic carbocycles. The third-order valence-electron chi connectivity index (χ3n) is 2.58. The van der Waals surface area contributed by atoms with E-state index in [2.05, 4.69) is 0 Å². The number of ether oxygens (including phenoxy) is 1. The molecular weight excluding hydrogens is 226 g/mol. The normalized spacial score (nSPS) is 14.6. The Labute approximate surface area is 100 Å². The lowest BCUT2D eigenvalue weighted by Crippen LogP contribution is -2.17. The van der Waals surface area contributed by atoms with E-state index in [1.54, 1.807) is 7.11 Å². The molecule has 0 aliphatic rings. The van der Waals surface area contributed by atoms with Crippen molar-refractivity contribution in [2.45, 2.75) is 25.9 Å². The zero-order chi connectivity index (χ0) is 12.8. The molecule has 0 radical (unpaired) electrons. The van der Waals surface area contributed by atoms with Gasteiger partial charge in [0.1, 0.15) is 0 Å². The minimum atomic E-state index is -0.875. The van der Waals surface area contributed by atoms with E-state index in [4.69, 9.17) is 4.74 Å². The van der Waals surface area contributed by atoms with Crippen molar-refractivity contribution in [3.8, 4) is 0 Å². The second-order valence-electron chi connectivity index (χ2n) is 4.40. The molecule has 2 atom stereocenters. The van der Waals surface area contributed by atoms with E-state index >= 15 is 0 Å². The van der Waals surface area contributed by atoms with Crippen LogP contribution in [0.25, 0.3) is 0 Å². The van der Waals surface area contributed by atoms with Crippen molar-refractivity contribution in [1.29, 1.82) is 0 Å². The van der Waals surface area contributed by atoms with Crippen LogP contribution in [-0.4, -0.2) is 24.9 Å². The second kappa shape index (κ2) is 6.67. The van der Waals surface area contributed by atoms with E-state index in [1.807, 2.05) is 6.92 Å². The molecule has 0 aliphatic heterocycles. The van der Waals surface area contributed by atoms with Gasteiger partial charge in [0.25, 0.3) is 0 Å². The predicted octanol–water partition coefficient (Wildman–Crippen LogP) is 2.54. The van der Waals surface area contributed by atoms with Crippen LogP contribution >= 0.6 is 0 Å². The van der Waals surface area contributed by atoms with Gasteiger partial charge in [-0.2, -0.15) is 0 Å². The molecule has 0 bridgehead atoms. The van der Waals surface area contributed by atoms with Crippen molar-refractivity contribution in [3.05, 3.63) is 35.4 Å². The average Bonchev–Trinajstić information content (AvgIpc) is 2.23. The molecule has 0 aromatic heterocycles. The van der Waals surface area contributed by atoms with Crippen molar-refractivity contribution in [1.82, 2.24) is 0 Å². The molecule has 0 fully saturated rings. The van der Waals surface area contributed by atoms with Gasteiger partial charge in [-0.15, -0.1) is 0 Å². The standard InChI is InChI=1S/C13H18F2O2/c1-9(8-17-2)5-11(16)6-10-3-4-12(14)13(15)7-10/h3-4,7,9,11,16H,5-6,8H2,1-2H3. The molecule has 0 heterocycles. The molecule has 1 N–H and O–H groups in total. The number of hydrogen-bond acceptors (Lipinski definition) is 2. The monoisotopic (exact) mass is 244 g/mol. The Balaban J connectivity index is 2.50. The van der Waals surface area contributed by atoms with E-state index < -0.39 is 17.7 Å². The van der Waals surface area contributed by atoms with Crippen molar-refractivity contribution in [3.63, 3.8) is 0 Å². The van der Waals surface area contributed by atoms with Gasteiger partial charge in [0.2, 0.25) is 0 Å². The molecule has 17 heavy (non-hydrogen) atoms. The van der Waals surface area contributed by atoms with E-state index in [-0.39, 0.29) is 5.92 Å². The van der Waals surface area contributed by atoms with Crippen LogP contribution in [-0.2, 0) is 11.2 Å². The maximum Gasteiger partial charge on any atom is 0.159 e. The summed E-state index contributed by atoms with van der Waals surface area (Å²) in [5.74, 6) is -1.50. The van der Waals surface area contributed by atoms with Gasteiger partial charge >= 0.3 is 0 Å². The first kappa shape index (κ1) is 14.1. The number of halogens is 2. The van der Waals surface area contributed by atoms with Crippen LogP contribution in [0.2, 0.25) is 0 Å². The molecule has 1 rings (SSSR count). The van der Waals surface area contributed by atoms with Crippen molar-refractivity contribution in [2.75, 3.05) is 13.7 Å². The Morgan fingerprint density at radius 3 is 2.59 bits per heavy atom. The molecule has 0 saturated carbocycles. The zero-order valence-corrected chi connectivity index (χ0v) is 10.1. The molecule has 1 aromatic rings. The molecule has 0 spiro atoms. The average molecular weight is 244 g/mol. The molecule has 0 saturated heterocycles. The second-order valence-corrected chi connectivity index (χ2v) is 4.40. The fraction of sp³-hybridized carbons (Fsp3) is 0.538. The van der Waals surface area contributed by atoms with Crippen LogP contribution in [0.1, 0.15) is 18.9 Å². The van der Waals surface area contributed by atoms with Crippen molar-refractivity contribution >= 4 is 0 Å². The molecule has 96 valence electrons. The van der Waals surface area contributed by atoms with E-state index in [9.17, 15) is 13.9 Å². The third kappa shape index (κ3) is 4.79. The van der Waals surface area contributed by atoms with Crippen LogP contribution < -0.4 is 0 Å². The Hall–Kier alpha value is -1.00. The lowest BCUT2D eigenvalue weighted by molar-refractivity contribution is 0.102. The Morgan fingerprint density at radius 2 is 2.00 bits per heavy atom. The lowest BCUT2D eigenvalue weighted by atomic mass is 9.99. The van der Waals surface area contributed by atoms with Crippen molar-refractivity contribution in [2.24, 2.45) is 5.92 Å². The summed E-state index contributed by atoms with van der Waals surface area (Å²) in [6, 6.07) is 3.69. The van der Waals surface area contributed by atoms with Gasteiger partial charge in [-0.25, -0.2) is 8.78 Å².